The maximum Gasteiger partial charge on any atom is 0.171 e. The van der Waals surface area contributed by atoms with Gasteiger partial charge in [-0.3, -0.25) is 4.79 Å². The van der Waals surface area contributed by atoms with Crippen LogP contribution >= 0.6 is 0 Å². The van der Waals surface area contributed by atoms with E-state index in [-0.39, 0.29) is 17.9 Å². The fraction of sp³-hybridized carbons (Fsp3) is 0.933. The van der Waals surface area contributed by atoms with E-state index in [0.717, 1.165) is 19.3 Å². The summed E-state index contributed by atoms with van der Waals surface area (Å²) in [5, 5.41) is 20.7. The molecule has 0 spiro atoms. The SMILES string of the molecule is C[C@H]1C2CC(=O)C(C2)C1OC1(O)CC2CC(O)C1C2. The zero-order valence-corrected chi connectivity index (χ0v) is 11.3. The predicted molar refractivity (Wildman–Crippen MR) is 67.0 cm³/mol. The Morgan fingerprint density at radius 1 is 1.32 bits per heavy atom. The van der Waals surface area contributed by atoms with Crippen molar-refractivity contribution in [2.75, 3.05) is 0 Å². The Bertz CT molecular complexity index is 422. The summed E-state index contributed by atoms with van der Waals surface area (Å²) in [6, 6.07) is 0. The minimum Gasteiger partial charge on any atom is -0.393 e. The Balaban J connectivity index is 1.54. The first-order valence-corrected chi connectivity index (χ1v) is 7.59. The lowest BCUT2D eigenvalue weighted by molar-refractivity contribution is -0.280. The molecule has 4 nitrogen and oxygen atoms in total. The van der Waals surface area contributed by atoms with E-state index in [0.29, 0.717) is 36.4 Å². The number of ether oxygens (including phenoxy) is 1. The van der Waals surface area contributed by atoms with Gasteiger partial charge in [-0.2, -0.15) is 0 Å². The highest BCUT2D eigenvalue weighted by molar-refractivity contribution is 5.85. The molecule has 0 aliphatic heterocycles. The van der Waals surface area contributed by atoms with Crippen molar-refractivity contribution in [2.45, 2.75) is 57.0 Å². The van der Waals surface area contributed by atoms with E-state index >= 15 is 0 Å². The summed E-state index contributed by atoms with van der Waals surface area (Å²) in [6.07, 6.45) is 3.33. The molecular formula is C15H22O4. The first kappa shape index (κ1) is 12.3. The summed E-state index contributed by atoms with van der Waals surface area (Å²) in [5.74, 6) is 0.123. The Hall–Kier alpha value is -0.450. The number of Topliss-reactive ketones (excluding diaryl/α,β-unsaturated/α-hetero) is 1. The van der Waals surface area contributed by atoms with Gasteiger partial charge in [0.2, 0.25) is 0 Å². The van der Waals surface area contributed by atoms with E-state index in [1.165, 1.54) is 0 Å². The summed E-state index contributed by atoms with van der Waals surface area (Å²) in [5.41, 5.74) is 0. The molecule has 4 aliphatic rings. The van der Waals surface area contributed by atoms with Crippen LogP contribution in [0.3, 0.4) is 0 Å². The first-order valence-electron chi connectivity index (χ1n) is 7.59. The van der Waals surface area contributed by atoms with Crippen LogP contribution in [-0.4, -0.2) is 34.0 Å². The van der Waals surface area contributed by atoms with Crippen LogP contribution in [0.25, 0.3) is 0 Å². The standard InChI is InChI=1S/C15H22O4/c1-7-9-4-10(12(16)5-9)14(7)19-15(18)6-8-2-11(15)13(17)3-8/h7-11,13-14,17-18H,2-6H2,1H3/t7-,8?,9?,10?,11?,13?,14?,15?/m0/s1. The van der Waals surface area contributed by atoms with Crippen LogP contribution in [0.1, 0.15) is 39.0 Å². The number of carbonyl (C=O) groups excluding carboxylic acids is 1. The molecule has 0 aromatic rings. The Morgan fingerprint density at radius 3 is 2.74 bits per heavy atom. The van der Waals surface area contributed by atoms with Crippen LogP contribution in [0.2, 0.25) is 0 Å². The second kappa shape index (κ2) is 3.80. The normalized spacial score (nSPS) is 59.3. The van der Waals surface area contributed by atoms with Crippen LogP contribution in [0, 0.1) is 29.6 Å². The molecular weight excluding hydrogens is 244 g/mol. The van der Waals surface area contributed by atoms with Gasteiger partial charge in [-0.05, 0) is 37.0 Å². The lowest BCUT2D eigenvalue weighted by atomic mass is 9.85. The highest BCUT2D eigenvalue weighted by atomic mass is 16.6. The quantitative estimate of drug-likeness (QED) is 0.734. The third-order valence-corrected chi connectivity index (χ3v) is 6.22. The average molecular weight is 266 g/mol. The molecule has 4 rings (SSSR count). The Kier molecular flexibility index (Phi) is 2.46. The maximum absolute atomic E-state index is 11.9. The van der Waals surface area contributed by atoms with Gasteiger partial charge in [-0.15, -0.1) is 0 Å². The first-order chi connectivity index (χ1) is 8.98. The van der Waals surface area contributed by atoms with Crippen molar-refractivity contribution in [3.05, 3.63) is 0 Å². The molecule has 0 saturated heterocycles. The molecule has 4 saturated carbocycles. The van der Waals surface area contributed by atoms with Gasteiger partial charge in [-0.25, -0.2) is 0 Å². The third-order valence-electron chi connectivity index (χ3n) is 6.22. The van der Waals surface area contributed by atoms with E-state index in [4.69, 9.17) is 4.74 Å². The highest BCUT2D eigenvalue weighted by Gasteiger charge is 2.60. The van der Waals surface area contributed by atoms with Gasteiger partial charge in [0.25, 0.3) is 0 Å². The van der Waals surface area contributed by atoms with E-state index in [2.05, 4.69) is 6.92 Å². The number of hydrogen-bond donors (Lipinski definition) is 2. The van der Waals surface area contributed by atoms with Gasteiger partial charge in [0.1, 0.15) is 5.78 Å². The van der Waals surface area contributed by atoms with Gasteiger partial charge in [0.15, 0.2) is 5.79 Å². The largest absolute Gasteiger partial charge is 0.393 e. The van der Waals surface area contributed by atoms with Gasteiger partial charge < -0.3 is 14.9 Å². The van der Waals surface area contributed by atoms with Crippen molar-refractivity contribution in [2.24, 2.45) is 29.6 Å². The zero-order valence-electron chi connectivity index (χ0n) is 11.3. The number of aliphatic hydroxyl groups is 2. The number of hydrogen-bond acceptors (Lipinski definition) is 4. The smallest absolute Gasteiger partial charge is 0.171 e. The molecule has 4 heteroatoms. The second-order valence-corrected chi connectivity index (χ2v) is 7.27. The summed E-state index contributed by atoms with van der Waals surface area (Å²) in [4.78, 5) is 11.9. The molecule has 0 aromatic carbocycles. The molecule has 8 atom stereocenters. The monoisotopic (exact) mass is 266 g/mol. The van der Waals surface area contributed by atoms with Crippen LogP contribution in [0.5, 0.6) is 0 Å². The van der Waals surface area contributed by atoms with Crippen molar-refractivity contribution in [1.82, 2.24) is 0 Å². The van der Waals surface area contributed by atoms with Crippen LogP contribution in [-0.2, 0) is 9.53 Å². The molecule has 4 fully saturated rings. The second-order valence-electron chi connectivity index (χ2n) is 7.27. The van der Waals surface area contributed by atoms with Gasteiger partial charge >= 0.3 is 0 Å². The summed E-state index contributed by atoms with van der Waals surface area (Å²) in [6.45, 7) is 2.13. The molecule has 0 amide bonds. The zero-order chi connectivity index (χ0) is 13.4. The number of aliphatic hydroxyl groups excluding tert-OH is 1. The predicted octanol–water partition coefficient (Wildman–Crippen LogP) is 1.10. The fourth-order valence-corrected chi connectivity index (χ4v) is 5.20. The summed E-state index contributed by atoms with van der Waals surface area (Å²) in [7, 11) is 0. The van der Waals surface area contributed by atoms with Crippen LogP contribution in [0.4, 0.5) is 0 Å². The Labute approximate surface area is 113 Å². The molecule has 19 heavy (non-hydrogen) atoms. The summed E-state index contributed by atoms with van der Waals surface area (Å²) >= 11 is 0. The van der Waals surface area contributed by atoms with E-state index in [9.17, 15) is 15.0 Å². The number of fused-ring (bicyclic) bond motifs is 4. The van der Waals surface area contributed by atoms with Gasteiger partial charge in [0, 0.05) is 24.7 Å². The molecule has 0 radical (unpaired) electrons. The Morgan fingerprint density at radius 2 is 2.11 bits per heavy atom. The minimum atomic E-state index is -1.19. The highest BCUT2D eigenvalue weighted by Crippen LogP contribution is 2.55. The van der Waals surface area contributed by atoms with E-state index in [1.54, 1.807) is 0 Å². The number of rotatable bonds is 2. The fourth-order valence-electron chi connectivity index (χ4n) is 5.20. The van der Waals surface area contributed by atoms with Crippen molar-refractivity contribution in [3.8, 4) is 0 Å². The topological polar surface area (TPSA) is 66.8 Å². The minimum absolute atomic E-state index is 0.0136. The average Bonchev–Trinajstić information content (AvgIpc) is 3.01. The molecule has 7 unspecified atom stereocenters. The number of ketones is 1. The molecule has 4 bridgehead atoms. The molecule has 106 valence electrons. The molecule has 0 heterocycles. The van der Waals surface area contributed by atoms with Gasteiger partial charge in [-0.1, -0.05) is 6.92 Å². The van der Waals surface area contributed by atoms with E-state index in [1.807, 2.05) is 0 Å². The van der Waals surface area contributed by atoms with Crippen LogP contribution < -0.4 is 0 Å². The van der Waals surface area contributed by atoms with Crippen molar-refractivity contribution < 1.29 is 19.7 Å². The van der Waals surface area contributed by atoms with Crippen molar-refractivity contribution >= 4 is 5.78 Å². The molecule has 2 N–H and O–H groups in total. The maximum atomic E-state index is 11.9. The lowest BCUT2D eigenvalue weighted by Gasteiger charge is -2.40. The molecule has 0 aromatic heterocycles. The molecule has 4 aliphatic carbocycles. The van der Waals surface area contributed by atoms with Crippen LogP contribution in [0.15, 0.2) is 0 Å². The summed E-state index contributed by atoms with van der Waals surface area (Å²) < 4.78 is 6.06. The number of carbonyl (C=O) groups is 1. The van der Waals surface area contributed by atoms with Gasteiger partial charge in [0.05, 0.1) is 12.2 Å². The van der Waals surface area contributed by atoms with Crippen molar-refractivity contribution in [1.29, 1.82) is 0 Å². The van der Waals surface area contributed by atoms with Crippen molar-refractivity contribution in [3.63, 3.8) is 0 Å². The third kappa shape index (κ3) is 1.60. The lowest BCUT2D eigenvalue weighted by Crippen LogP contribution is -2.49. The van der Waals surface area contributed by atoms with E-state index < -0.39 is 11.9 Å².